The largest absolute Gasteiger partial charge is 0.355 e. The molecule has 6 heteroatoms. The summed E-state index contributed by atoms with van der Waals surface area (Å²) in [5.41, 5.74) is 1.27. The molecule has 0 saturated carbocycles. The van der Waals surface area contributed by atoms with Crippen LogP contribution in [-0.4, -0.2) is 33.9 Å². The molecule has 0 atom stereocenters. The number of hydrogen-bond acceptors (Lipinski definition) is 5. The highest BCUT2D eigenvalue weighted by Crippen LogP contribution is 2.10. The van der Waals surface area contributed by atoms with E-state index in [0.29, 0.717) is 12.2 Å². The van der Waals surface area contributed by atoms with E-state index in [-0.39, 0.29) is 5.91 Å². The van der Waals surface area contributed by atoms with Crippen LogP contribution in [0.5, 0.6) is 0 Å². The Morgan fingerprint density at radius 2 is 1.91 bits per heavy atom. The SMILES string of the molecule is CCCN(CCC)c1cnc(C(=O)NCc2cccnc2)cn1. The zero-order valence-corrected chi connectivity index (χ0v) is 13.7. The van der Waals surface area contributed by atoms with Crippen molar-refractivity contribution in [1.29, 1.82) is 0 Å². The van der Waals surface area contributed by atoms with E-state index in [4.69, 9.17) is 0 Å². The van der Waals surface area contributed by atoms with Gasteiger partial charge in [0, 0.05) is 32.0 Å². The molecule has 2 rings (SSSR count). The lowest BCUT2D eigenvalue weighted by molar-refractivity contribution is 0.0945. The van der Waals surface area contributed by atoms with Crippen LogP contribution in [0.25, 0.3) is 0 Å². The number of nitrogens with zero attached hydrogens (tertiary/aromatic N) is 4. The van der Waals surface area contributed by atoms with Gasteiger partial charge in [0.15, 0.2) is 0 Å². The summed E-state index contributed by atoms with van der Waals surface area (Å²) in [7, 11) is 0. The third kappa shape index (κ3) is 5.02. The summed E-state index contributed by atoms with van der Waals surface area (Å²) in [4.78, 5) is 26.9. The maximum atomic E-state index is 12.1. The molecule has 23 heavy (non-hydrogen) atoms. The second-order valence-corrected chi connectivity index (χ2v) is 5.29. The van der Waals surface area contributed by atoms with E-state index in [1.54, 1.807) is 18.6 Å². The molecule has 2 heterocycles. The van der Waals surface area contributed by atoms with Crippen LogP contribution in [0.3, 0.4) is 0 Å². The number of nitrogens with one attached hydrogen (secondary N) is 1. The fourth-order valence-electron chi connectivity index (χ4n) is 2.26. The van der Waals surface area contributed by atoms with Crippen LogP contribution < -0.4 is 10.2 Å². The van der Waals surface area contributed by atoms with Gasteiger partial charge in [0.05, 0.1) is 12.4 Å². The van der Waals surface area contributed by atoms with Crippen molar-refractivity contribution in [3.63, 3.8) is 0 Å². The number of rotatable bonds is 8. The first-order valence-electron chi connectivity index (χ1n) is 7.98. The molecule has 6 nitrogen and oxygen atoms in total. The summed E-state index contributed by atoms with van der Waals surface area (Å²) < 4.78 is 0. The second-order valence-electron chi connectivity index (χ2n) is 5.29. The average Bonchev–Trinajstić information content (AvgIpc) is 2.60. The lowest BCUT2D eigenvalue weighted by atomic mass is 10.3. The van der Waals surface area contributed by atoms with Crippen LogP contribution in [-0.2, 0) is 6.54 Å². The first kappa shape index (κ1) is 16.9. The van der Waals surface area contributed by atoms with Gasteiger partial charge in [-0.05, 0) is 24.5 Å². The van der Waals surface area contributed by atoms with Gasteiger partial charge in [-0.2, -0.15) is 0 Å². The lowest BCUT2D eigenvalue weighted by Gasteiger charge is -2.22. The van der Waals surface area contributed by atoms with Crippen molar-refractivity contribution in [1.82, 2.24) is 20.3 Å². The Bertz CT molecular complexity index is 594. The molecule has 0 aliphatic rings. The highest BCUT2D eigenvalue weighted by Gasteiger charge is 2.10. The van der Waals surface area contributed by atoms with Crippen molar-refractivity contribution in [2.45, 2.75) is 33.2 Å². The molecular formula is C17H23N5O. The number of carbonyl (C=O) groups excluding carboxylic acids is 1. The second kappa shape index (κ2) is 8.82. The number of aromatic nitrogens is 3. The van der Waals surface area contributed by atoms with Gasteiger partial charge < -0.3 is 10.2 Å². The molecule has 0 aromatic carbocycles. The third-order valence-electron chi connectivity index (χ3n) is 3.36. The predicted octanol–water partition coefficient (Wildman–Crippen LogP) is 2.43. The van der Waals surface area contributed by atoms with Crippen LogP contribution in [0.4, 0.5) is 5.82 Å². The Hall–Kier alpha value is -2.50. The summed E-state index contributed by atoms with van der Waals surface area (Å²) in [5, 5.41) is 2.82. The Morgan fingerprint density at radius 1 is 1.13 bits per heavy atom. The molecule has 122 valence electrons. The Balaban J connectivity index is 1.96. The Kier molecular flexibility index (Phi) is 6.47. The average molecular weight is 313 g/mol. The molecule has 0 bridgehead atoms. The molecular weight excluding hydrogens is 290 g/mol. The summed E-state index contributed by atoms with van der Waals surface area (Å²) in [6.07, 6.45) is 8.73. The first-order valence-corrected chi connectivity index (χ1v) is 7.98. The molecule has 2 aromatic heterocycles. The highest BCUT2D eigenvalue weighted by molar-refractivity contribution is 5.91. The monoisotopic (exact) mass is 313 g/mol. The standard InChI is InChI=1S/C17H23N5O/c1-3-8-22(9-4-2)16-13-19-15(12-20-16)17(23)21-11-14-6-5-7-18-10-14/h5-7,10,12-13H,3-4,8-9,11H2,1-2H3,(H,21,23). The van der Waals surface area contributed by atoms with Crippen molar-refractivity contribution >= 4 is 11.7 Å². The van der Waals surface area contributed by atoms with Crippen LogP contribution in [0.1, 0.15) is 42.7 Å². The van der Waals surface area contributed by atoms with E-state index in [1.807, 2.05) is 12.1 Å². The number of amides is 1. The molecule has 0 aliphatic carbocycles. The predicted molar refractivity (Wildman–Crippen MR) is 90.2 cm³/mol. The highest BCUT2D eigenvalue weighted by atomic mass is 16.1. The smallest absolute Gasteiger partial charge is 0.271 e. The van der Waals surface area contributed by atoms with Crippen molar-refractivity contribution in [3.05, 3.63) is 48.2 Å². The number of carbonyl (C=O) groups is 1. The third-order valence-corrected chi connectivity index (χ3v) is 3.36. The van der Waals surface area contributed by atoms with E-state index in [0.717, 1.165) is 37.3 Å². The van der Waals surface area contributed by atoms with Gasteiger partial charge in [0.2, 0.25) is 0 Å². The number of pyridine rings is 1. The normalized spacial score (nSPS) is 10.3. The Morgan fingerprint density at radius 3 is 2.48 bits per heavy atom. The van der Waals surface area contributed by atoms with Crippen molar-refractivity contribution in [3.8, 4) is 0 Å². The first-order chi connectivity index (χ1) is 11.2. The fourth-order valence-corrected chi connectivity index (χ4v) is 2.26. The minimum atomic E-state index is -0.231. The molecule has 1 N–H and O–H groups in total. The molecule has 0 spiro atoms. The molecule has 0 fully saturated rings. The minimum absolute atomic E-state index is 0.231. The maximum absolute atomic E-state index is 12.1. The Labute approximate surface area is 137 Å². The molecule has 0 unspecified atom stereocenters. The van der Waals surface area contributed by atoms with E-state index in [1.165, 1.54) is 6.20 Å². The van der Waals surface area contributed by atoms with Crippen molar-refractivity contribution in [2.75, 3.05) is 18.0 Å². The van der Waals surface area contributed by atoms with Crippen molar-refractivity contribution < 1.29 is 4.79 Å². The van der Waals surface area contributed by atoms with Gasteiger partial charge >= 0.3 is 0 Å². The van der Waals surface area contributed by atoms with E-state index >= 15 is 0 Å². The zero-order valence-electron chi connectivity index (χ0n) is 13.7. The number of hydrogen-bond donors (Lipinski definition) is 1. The van der Waals surface area contributed by atoms with Gasteiger partial charge in [0.25, 0.3) is 5.91 Å². The minimum Gasteiger partial charge on any atom is -0.355 e. The van der Waals surface area contributed by atoms with E-state index < -0.39 is 0 Å². The maximum Gasteiger partial charge on any atom is 0.271 e. The zero-order chi connectivity index (χ0) is 16.5. The van der Waals surface area contributed by atoms with E-state index in [9.17, 15) is 4.79 Å². The molecule has 1 amide bonds. The van der Waals surface area contributed by atoms with Crippen molar-refractivity contribution in [2.24, 2.45) is 0 Å². The molecule has 0 aliphatic heterocycles. The van der Waals surface area contributed by atoms with Gasteiger partial charge in [-0.3, -0.25) is 9.78 Å². The van der Waals surface area contributed by atoms with E-state index in [2.05, 4.69) is 39.0 Å². The summed E-state index contributed by atoms with van der Waals surface area (Å²) >= 11 is 0. The summed E-state index contributed by atoms with van der Waals surface area (Å²) in [6, 6.07) is 3.75. The van der Waals surface area contributed by atoms with Crippen LogP contribution in [0, 0.1) is 0 Å². The van der Waals surface area contributed by atoms with Gasteiger partial charge in [-0.25, -0.2) is 9.97 Å². The molecule has 2 aromatic rings. The van der Waals surface area contributed by atoms with Crippen LogP contribution >= 0.6 is 0 Å². The van der Waals surface area contributed by atoms with Crippen LogP contribution in [0.15, 0.2) is 36.9 Å². The van der Waals surface area contributed by atoms with Crippen LogP contribution in [0.2, 0.25) is 0 Å². The quantitative estimate of drug-likeness (QED) is 0.810. The fraction of sp³-hybridized carbons (Fsp3) is 0.412. The summed E-state index contributed by atoms with van der Waals surface area (Å²) in [5.74, 6) is 0.586. The molecule has 0 saturated heterocycles. The molecule has 0 radical (unpaired) electrons. The van der Waals surface area contributed by atoms with Gasteiger partial charge in [-0.15, -0.1) is 0 Å². The topological polar surface area (TPSA) is 71.0 Å². The summed E-state index contributed by atoms with van der Waals surface area (Å²) in [6.45, 7) is 6.57. The van der Waals surface area contributed by atoms with Gasteiger partial charge in [0.1, 0.15) is 11.5 Å². The number of anilines is 1. The lowest BCUT2D eigenvalue weighted by Crippen LogP contribution is -2.27. The van der Waals surface area contributed by atoms with Gasteiger partial charge in [-0.1, -0.05) is 19.9 Å².